The fourth-order valence-electron chi connectivity index (χ4n) is 0.691. The lowest BCUT2D eigenvalue weighted by Gasteiger charge is -1.88. The number of aldehydes is 1. The van der Waals surface area contributed by atoms with Crippen LogP contribution in [0.15, 0.2) is 4.60 Å². The number of halogens is 1. The molecule has 0 aromatic carbocycles. The number of hydrogen-bond acceptors (Lipinski definition) is 2. The van der Waals surface area contributed by atoms with Crippen LogP contribution in [-0.4, -0.2) is 16.5 Å². The zero-order valence-electron chi connectivity index (χ0n) is 5.52. The van der Waals surface area contributed by atoms with Gasteiger partial charge in [-0.2, -0.15) is 5.10 Å². The van der Waals surface area contributed by atoms with E-state index < -0.39 is 0 Å². The molecule has 1 aromatic heterocycles. The van der Waals surface area contributed by atoms with Gasteiger partial charge in [-0.3, -0.25) is 5.10 Å². The van der Waals surface area contributed by atoms with Crippen molar-refractivity contribution in [2.75, 3.05) is 0 Å². The normalized spacial score (nSPS) is 9.80. The standard InChI is InChI=1S/C6H7BrN2O/c1-4-5(2-3-10)8-9-6(4)7/h3H,2H2,1H3,(H,8,9). The van der Waals surface area contributed by atoms with Gasteiger partial charge in [0, 0.05) is 17.7 Å². The number of nitrogens with one attached hydrogen (secondary N) is 1. The van der Waals surface area contributed by atoms with Crippen LogP contribution in [0.5, 0.6) is 0 Å². The average Bonchev–Trinajstić information content (AvgIpc) is 2.20. The highest BCUT2D eigenvalue weighted by molar-refractivity contribution is 9.10. The predicted octanol–water partition coefficient (Wildman–Crippen LogP) is 1.22. The minimum absolute atomic E-state index is 0.407. The highest BCUT2D eigenvalue weighted by Crippen LogP contribution is 2.14. The van der Waals surface area contributed by atoms with Crippen LogP contribution in [0.1, 0.15) is 11.3 Å². The Labute approximate surface area is 67.0 Å². The smallest absolute Gasteiger partial charge is 0.131 e. The average molecular weight is 203 g/mol. The summed E-state index contributed by atoms with van der Waals surface area (Å²) < 4.78 is 0.782. The van der Waals surface area contributed by atoms with Crippen molar-refractivity contribution in [3.8, 4) is 0 Å². The second-order valence-corrected chi connectivity index (χ2v) is 2.74. The Bertz CT molecular complexity index is 244. The fraction of sp³-hybridized carbons (Fsp3) is 0.333. The summed E-state index contributed by atoms with van der Waals surface area (Å²) in [5.74, 6) is 0. The Hall–Kier alpha value is -0.640. The summed E-state index contributed by atoms with van der Waals surface area (Å²) in [5.41, 5.74) is 1.88. The van der Waals surface area contributed by atoms with E-state index in [4.69, 9.17) is 0 Å². The molecule has 1 aromatic rings. The van der Waals surface area contributed by atoms with Crippen LogP contribution in [0.2, 0.25) is 0 Å². The molecule has 0 amide bonds. The molecule has 0 aliphatic heterocycles. The Balaban J connectivity index is 2.93. The van der Waals surface area contributed by atoms with Gasteiger partial charge in [-0.25, -0.2) is 0 Å². The van der Waals surface area contributed by atoms with Crippen molar-refractivity contribution in [3.63, 3.8) is 0 Å². The van der Waals surface area contributed by atoms with E-state index in [1.54, 1.807) is 0 Å². The Morgan fingerprint density at radius 1 is 1.80 bits per heavy atom. The summed E-state index contributed by atoms with van der Waals surface area (Å²) in [6.45, 7) is 1.91. The Kier molecular flexibility index (Phi) is 2.21. The van der Waals surface area contributed by atoms with Gasteiger partial charge >= 0.3 is 0 Å². The highest BCUT2D eigenvalue weighted by Gasteiger charge is 2.03. The van der Waals surface area contributed by atoms with Gasteiger partial charge in [0.05, 0.1) is 0 Å². The lowest BCUT2D eigenvalue weighted by atomic mass is 10.2. The van der Waals surface area contributed by atoms with Crippen LogP contribution in [0.25, 0.3) is 0 Å². The van der Waals surface area contributed by atoms with Gasteiger partial charge < -0.3 is 4.79 Å². The van der Waals surface area contributed by atoms with E-state index in [1.165, 1.54) is 0 Å². The third-order valence-corrected chi connectivity index (χ3v) is 2.11. The number of H-pyrrole nitrogens is 1. The van der Waals surface area contributed by atoms with Crippen LogP contribution >= 0.6 is 15.9 Å². The monoisotopic (exact) mass is 202 g/mol. The van der Waals surface area contributed by atoms with Gasteiger partial charge in [-0.15, -0.1) is 0 Å². The zero-order valence-corrected chi connectivity index (χ0v) is 7.10. The van der Waals surface area contributed by atoms with E-state index in [0.717, 1.165) is 22.1 Å². The number of hydrogen-bond donors (Lipinski definition) is 1. The molecule has 0 aliphatic rings. The number of aromatic amines is 1. The Morgan fingerprint density at radius 2 is 2.50 bits per heavy atom. The molecule has 10 heavy (non-hydrogen) atoms. The van der Waals surface area contributed by atoms with Gasteiger partial charge in [0.15, 0.2) is 0 Å². The summed E-state index contributed by atoms with van der Waals surface area (Å²) in [4.78, 5) is 10.1. The van der Waals surface area contributed by atoms with Crippen molar-refractivity contribution >= 4 is 22.2 Å². The van der Waals surface area contributed by atoms with Gasteiger partial charge in [0.2, 0.25) is 0 Å². The maximum atomic E-state index is 10.1. The summed E-state index contributed by atoms with van der Waals surface area (Å²) in [6.07, 6.45) is 1.26. The maximum absolute atomic E-state index is 10.1. The third kappa shape index (κ3) is 1.26. The van der Waals surface area contributed by atoms with Crippen LogP contribution in [0.4, 0.5) is 0 Å². The molecule has 1 N–H and O–H groups in total. The van der Waals surface area contributed by atoms with E-state index in [9.17, 15) is 4.79 Å². The highest BCUT2D eigenvalue weighted by atomic mass is 79.9. The van der Waals surface area contributed by atoms with Crippen LogP contribution in [0.3, 0.4) is 0 Å². The Morgan fingerprint density at radius 3 is 2.90 bits per heavy atom. The molecule has 0 spiro atoms. The fourth-order valence-corrected chi connectivity index (χ4v) is 1.02. The summed E-state index contributed by atoms with van der Waals surface area (Å²) in [5, 5.41) is 6.61. The first-order valence-corrected chi connectivity index (χ1v) is 3.68. The predicted molar refractivity (Wildman–Crippen MR) is 40.8 cm³/mol. The van der Waals surface area contributed by atoms with E-state index in [1.807, 2.05) is 6.92 Å². The van der Waals surface area contributed by atoms with Crippen molar-refractivity contribution in [1.29, 1.82) is 0 Å². The molecule has 0 bridgehead atoms. The lowest BCUT2D eigenvalue weighted by Crippen LogP contribution is -1.87. The second-order valence-electron chi connectivity index (χ2n) is 1.99. The number of aromatic nitrogens is 2. The molecule has 0 aliphatic carbocycles. The van der Waals surface area contributed by atoms with E-state index >= 15 is 0 Å². The quantitative estimate of drug-likeness (QED) is 0.734. The zero-order chi connectivity index (χ0) is 7.56. The molecule has 0 atom stereocenters. The molecule has 4 heteroatoms. The number of nitrogens with zero attached hydrogens (tertiary/aromatic N) is 1. The minimum atomic E-state index is 0.407. The first-order valence-electron chi connectivity index (χ1n) is 2.88. The van der Waals surface area contributed by atoms with E-state index in [2.05, 4.69) is 26.1 Å². The van der Waals surface area contributed by atoms with E-state index in [0.29, 0.717) is 6.42 Å². The van der Waals surface area contributed by atoms with E-state index in [-0.39, 0.29) is 0 Å². The molecule has 0 saturated carbocycles. The minimum Gasteiger partial charge on any atom is -0.303 e. The molecule has 0 saturated heterocycles. The first kappa shape index (κ1) is 7.47. The van der Waals surface area contributed by atoms with Gasteiger partial charge in [-0.05, 0) is 22.9 Å². The topological polar surface area (TPSA) is 45.8 Å². The third-order valence-electron chi connectivity index (χ3n) is 1.34. The first-order chi connectivity index (χ1) is 4.75. The molecular formula is C6H7BrN2O. The van der Waals surface area contributed by atoms with Crippen LogP contribution < -0.4 is 0 Å². The lowest BCUT2D eigenvalue weighted by molar-refractivity contribution is -0.107. The number of carbonyl (C=O) groups is 1. The van der Waals surface area contributed by atoms with Crippen molar-refractivity contribution in [2.24, 2.45) is 0 Å². The molecule has 1 heterocycles. The van der Waals surface area contributed by atoms with Gasteiger partial charge in [0.25, 0.3) is 0 Å². The molecule has 54 valence electrons. The largest absolute Gasteiger partial charge is 0.303 e. The number of rotatable bonds is 2. The van der Waals surface area contributed by atoms with Gasteiger partial charge in [0.1, 0.15) is 10.9 Å². The molecule has 0 radical (unpaired) electrons. The molecule has 1 rings (SSSR count). The van der Waals surface area contributed by atoms with Crippen molar-refractivity contribution in [3.05, 3.63) is 15.9 Å². The van der Waals surface area contributed by atoms with Crippen molar-refractivity contribution in [1.82, 2.24) is 10.2 Å². The maximum Gasteiger partial charge on any atom is 0.131 e. The summed E-state index contributed by atoms with van der Waals surface area (Å²) >= 11 is 3.23. The van der Waals surface area contributed by atoms with Crippen molar-refractivity contribution < 1.29 is 4.79 Å². The summed E-state index contributed by atoms with van der Waals surface area (Å²) in [7, 11) is 0. The summed E-state index contributed by atoms with van der Waals surface area (Å²) in [6, 6.07) is 0. The van der Waals surface area contributed by atoms with Crippen LogP contribution in [0, 0.1) is 6.92 Å². The number of carbonyl (C=O) groups excluding carboxylic acids is 1. The molecular weight excluding hydrogens is 196 g/mol. The van der Waals surface area contributed by atoms with Crippen molar-refractivity contribution in [2.45, 2.75) is 13.3 Å². The SMILES string of the molecule is Cc1c(Br)n[nH]c1CC=O. The van der Waals surface area contributed by atoms with Gasteiger partial charge in [-0.1, -0.05) is 0 Å². The second kappa shape index (κ2) is 2.96. The van der Waals surface area contributed by atoms with Crippen LogP contribution in [-0.2, 0) is 11.2 Å². The molecule has 0 fully saturated rings. The molecule has 0 unspecified atom stereocenters. The molecule has 3 nitrogen and oxygen atoms in total.